The summed E-state index contributed by atoms with van der Waals surface area (Å²) in [7, 11) is 0. The van der Waals surface area contributed by atoms with Crippen molar-refractivity contribution in [1.29, 1.82) is 0 Å². The van der Waals surface area contributed by atoms with E-state index in [0.717, 1.165) is 24.3 Å². The normalized spacial score (nSPS) is 11.2. The Morgan fingerprint density at radius 3 is 2.63 bits per heavy atom. The van der Waals surface area contributed by atoms with Crippen molar-refractivity contribution in [1.82, 2.24) is 15.1 Å². The van der Waals surface area contributed by atoms with Gasteiger partial charge in [-0.3, -0.25) is 4.68 Å². The van der Waals surface area contributed by atoms with Gasteiger partial charge in [0.25, 0.3) is 0 Å². The average molecular weight is 261 g/mol. The van der Waals surface area contributed by atoms with Gasteiger partial charge in [-0.05, 0) is 36.2 Å². The SMILES string of the molecule is CC(C)CNCc1ccn(Cc2ccc(F)cc2)n1. The van der Waals surface area contributed by atoms with Crippen molar-refractivity contribution >= 4 is 0 Å². The molecule has 1 aromatic carbocycles. The van der Waals surface area contributed by atoms with Crippen molar-refractivity contribution in [3.63, 3.8) is 0 Å². The van der Waals surface area contributed by atoms with E-state index < -0.39 is 0 Å². The maximum Gasteiger partial charge on any atom is 0.123 e. The van der Waals surface area contributed by atoms with Crippen molar-refractivity contribution in [2.45, 2.75) is 26.9 Å². The van der Waals surface area contributed by atoms with Crippen molar-refractivity contribution in [2.75, 3.05) is 6.54 Å². The molecule has 0 aliphatic carbocycles. The van der Waals surface area contributed by atoms with E-state index in [4.69, 9.17) is 0 Å². The molecular formula is C15H20FN3. The van der Waals surface area contributed by atoms with Gasteiger partial charge < -0.3 is 5.32 Å². The number of benzene rings is 1. The molecule has 2 aromatic rings. The highest BCUT2D eigenvalue weighted by Crippen LogP contribution is 2.05. The standard InChI is InChI=1S/C15H20FN3/c1-12(2)9-17-10-15-7-8-19(18-15)11-13-3-5-14(16)6-4-13/h3-8,12,17H,9-11H2,1-2H3. The topological polar surface area (TPSA) is 29.9 Å². The zero-order valence-corrected chi connectivity index (χ0v) is 11.4. The van der Waals surface area contributed by atoms with E-state index in [2.05, 4.69) is 24.3 Å². The number of aromatic nitrogens is 2. The monoisotopic (exact) mass is 261 g/mol. The van der Waals surface area contributed by atoms with Crippen LogP contribution in [0.1, 0.15) is 25.1 Å². The summed E-state index contributed by atoms with van der Waals surface area (Å²) in [5.41, 5.74) is 2.08. The fourth-order valence-electron chi connectivity index (χ4n) is 1.85. The van der Waals surface area contributed by atoms with Crippen molar-refractivity contribution in [3.8, 4) is 0 Å². The van der Waals surface area contributed by atoms with Gasteiger partial charge in [0, 0.05) is 12.7 Å². The van der Waals surface area contributed by atoms with E-state index in [1.54, 1.807) is 12.1 Å². The van der Waals surface area contributed by atoms with Crippen LogP contribution >= 0.6 is 0 Å². The molecule has 19 heavy (non-hydrogen) atoms. The number of hydrogen-bond acceptors (Lipinski definition) is 2. The first-order chi connectivity index (χ1) is 9.13. The van der Waals surface area contributed by atoms with Crippen LogP contribution in [-0.4, -0.2) is 16.3 Å². The highest BCUT2D eigenvalue weighted by atomic mass is 19.1. The minimum absolute atomic E-state index is 0.206. The largest absolute Gasteiger partial charge is 0.311 e. The van der Waals surface area contributed by atoms with E-state index in [9.17, 15) is 4.39 Å². The summed E-state index contributed by atoms with van der Waals surface area (Å²) in [4.78, 5) is 0. The van der Waals surface area contributed by atoms with Crippen LogP contribution in [0.3, 0.4) is 0 Å². The molecule has 3 nitrogen and oxygen atoms in total. The maximum absolute atomic E-state index is 12.8. The molecule has 0 saturated carbocycles. The Morgan fingerprint density at radius 1 is 1.21 bits per heavy atom. The van der Waals surface area contributed by atoms with Crippen LogP contribution in [-0.2, 0) is 13.1 Å². The molecule has 0 unspecified atom stereocenters. The molecular weight excluding hydrogens is 241 g/mol. The molecule has 0 amide bonds. The first-order valence-electron chi connectivity index (χ1n) is 6.61. The van der Waals surface area contributed by atoms with Gasteiger partial charge in [0.15, 0.2) is 0 Å². The molecule has 1 aromatic heterocycles. The third-order valence-corrected chi connectivity index (χ3v) is 2.81. The summed E-state index contributed by atoms with van der Waals surface area (Å²) in [6, 6.07) is 8.53. The van der Waals surface area contributed by atoms with Crippen LogP contribution in [0, 0.1) is 11.7 Å². The fraction of sp³-hybridized carbons (Fsp3) is 0.400. The number of nitrogens with zero attached hydrogens (tertiary/aromatic N) is 2. The number of nitrogens with one attached hydrogen (secondary N) is 1. The maximum atomic E-state index is 12.8. The first kappa shape index (κ1) is 13.7. The van der Waals surface area contributed by atoms with Gasteiger partial charge in [0.05, 0.1) is 12.2 Å². The van der Waals surface area contributed by atoms with Crippen molar-refractivity contribution in [3.05, 3.63) is 53.6 Å². The molecule has 0 spiro atoms. The first-order valence-corrected chi connectivity index (χ1v) is 6.61. The molecule has 0 radical (unpaired) electrons. The third-order valence-electron chi connectivity index (χ3n) is 2.81. The van der Waals surface area contributed by atoms with Crippen LogP contribution in [0.2, 0.25) is 0 Å². The molecule has 0 aliphatic rings. The fourth-order valence-corrected chi connectivity index (χ4v) is 1.85. The minimum atomic E-state index is -0.206. The van der Waals surface area contributed by atoms with E-state index >= 15 is 0 Å². The molecule has 0 atom stereocenters. The summed E-state index contributed by atoms with van der Waals surface area (Å²) in [5, 5.41) is 7.85. The Labute approximate surface area is 113 Å². The molecule has 1 N–H and O–H groups in total. The van der Waals surface area contributed by atoms with Crippen LogP contribution in [0.25, 0.3) is 0 Å². The molecule has 2 rings (SSSR count). The molecule has 0 saturated heterocycles. The highest BCUT2D eigenvalue weighted by molar-refractivity contribution is 5.16. The van der Waals surface area contributed by atoms with E-state index in [1.807, 2.05) is 16.9 Å². The zero-order valence-electron chi connectivity index (χ0n) is 11.4. The van der Waals surface area contributed by atoms with E-state index in [0.29, 0.717) is 12.5 Å². The smallest absolute Gasteiger partial charge is 0.123 e. The van der Waals surface area contributed by atoms with Gasteiger partial charge in [-0.2, -0.15) is 5.10 Å². The number of hydrogen-bond donors (Lipinski definition) is 1. The predicted molar refractivity (Wildman–Crippen MR) is 74.3 cm³/mol. The van der Waals surface area contributed by atoms with Gasteiger partial charge >= 0.3 is 0 Å². The molecule has 0 bridgehead atoms. The average Bonchev–Trinajstić information content (AvgIpc) is 2.79. The lowest BCUT2D eigenvalue weighted by Crippen LogP contribution is -2.19. The summed E-state index contributed by atoms with van der Waals surface area (Å²) in [6.45, 7) is 6.81. The molecule has 1 heterocycles. The summed E-state index contributed by atoms with van der Waals surface area (Å²) in [5.74, 6) is 0.434. The third kappa shape index (κ3) is 4.48. The van der Waals surface area contributed by atoms with Crippen LogP contribution in [0.5, 0.6) is 0 Å². The molecule has 0 fully saturated rings. The highest BCUT2D eigenvalue weighted by Gasteiger charge is 2.01. The quantitative estimate of drug-likeness (QED) is 0.866. The Bertz CT molecular complexity index is 502. The second-order valence-electron chi connectivity index (χ2n) is 5.16. The number of halogens is 1. The molecule has 4 heteroatoms. The van der Waals surface area contributed by atoms with Gasteiger partial charge in [0.2, 0.25) is 0 Å². The lowest BCUT2D eigenvalue weighted by molar-refractivity contribution is 0.543. The Balaban J connectivity index is 1.88. The van der Waals surface area contributed by atoms with E-state index in [-0.39, 0.29) is 5.82 Å². The van der Waals surface area contributed by atoms with Crippen LogP contribution < -0.4 is 5.32 Å². The Morgan fingerprint density at radius 2 is 1.95 bits per heavy atom. The number of rotatable bonds is 6. The van der Waals surface area contributed by atoms with Gasteiger partial charge in [-0.25, -0.2) is 4.39 Å². The van der Waals surface area contributed by atoms with Gasteiger partial charge in [-0.1, -0.05) is 26.0 Å². The van der Waals surface area contributed by atoms with Crippen LogP contribution in [0.15, 0.2) is 36.5 Å². The minimum Gasteiger partial charge on any atom is -0.311 e. The lowest BCUT2D eigenvalue weighted by Gasteiger charge is -2.05. The van der Waals surface area contributed by atoms with Crippen molar-refractivity contribution < 1.29 is 4.39 Å². The van der Waals surface area contributed by atoms with Crippen molar-refractivity contribution in [2.24, 2.45) is 5.92 Å². The summed E-state index contributed by atoms with van der Waals surface area (Å²) < 4.78 is 14.7. The lowest BCUT2D eigenvalue weighted by atomic mass is 10.2. The van der Waals surface area contributed by atoms with Gasteiger partial charge in [0.1, 0.15) is 5.82 Å². The Hall–Kier alpha value is -1.68. The zero-order chi connectivity index (χ0) is 13.7. The summed E-state index contributed by atoms with van der Waals surface area (Å²) >= 11 is 0. The predicted octanol–water partition coefficient (Wildman–Crippen LogP) is 2.82. The second kappa shape index (κ2) is 6.48. The second-order valence-corrected chi connectivity index (χ2v) is 5.16. The molecule has 102 valence electrons. The molecule has 0 aliphatic heterocycles. The Kier molecular flexibility index (Phi) is 4.68. The van der Waals surface area contributed by atoms with Gasteiger partial charge in [-0.15, -0.1) is 0 Å². The van der Waals surface area contributed by atoms with Crippen LogP contribution in [0.4, 0.5) is 4.39 Å². The summed E-state index contributed by atoms with van der Waals surface area (Å²) in [6.07, 6.45) is 1.95. The van der Waals surface area contributed by atoms with E-state index in [1.165, 1.54) is 12.1 Å².